The van der Waals surface area contributed by atoms with Crippen LogP contribution < -0.4 is 10.6 Å². The fraction of sp³-hybridized carbons (Fsp3) is 0.357. The van der Waals surface area contributed by atoms with Crippen molar-refractivity contribution in [1.82, 2.24) is 15.5 Å². The quantitative estimate of drug-likeness (QED) is 0.715. The van der Waals surface area contributed by atoms with Crippen molar-refractivity contribution in [3.8, 4) is 0 Å². The van der Waals surface area contributed by atoms with E-state index < -0.39 is 18.0 Å². The molecule has 21 heavy (non-hydrogen) atoms. The molecule has 1 rings (SSSR count). The molecular formula is C14H19N3O4. The summed E-state index contributed by atoms with van der Waals surface area (Å²) in [5, 5.41) is 13.9. The molecule has 3 amide bonds. The lowest BCUT2D eigenvalue weighted by atomic mass is 10.0. The summed E-state index contributed by atoms with van der Waals surface area (Å²) in [6.07, 6.45) is -0.237. The van der Waals surface area contributed by atoms with Crippen LogP contribution in [0.4, 0.5) is 4.79 Å². The van der Waals surface area contributed by atoms with E-state index in [4.69, 9.17) is 5.11 Å². The molecule has 1 unspecified atom stereocenters. The Morgan fingerprint density at radius 1 is 1.19 bits per heavy atom. The molecule has 0 saturated heterocycles. The van der Waals surface area contributed by atoms with Gasteiger partial charge in [0.2, 0.25) is 5.91 Å². The summed E-state index contributed by atoms with van der Waals surface area (Å²) < 4.78 is 0. The van der Waals surface area contributed by atoms with Gasteiger partial charge in [-0.2, -0.15) is 0 Å². The van der Waals surface area contributed by atoms with Gasteiger partial charge in [-0.05, 0) is 5.56 Å². The summed E-state index contributed by atoms with van der Waals surface area (Å²) in [5.41, 5.74) is 0.689. The molecule has 0 heterocycles. The van der Waals surface area contributed by atoms with Crippen molar-refractivity contribution in [1.29, 1.82) is 0 Å². The van der Waals surface area contributed by atoms with Crippen LogP contribution in [0.2, 0.25) is 0 Å². The van der Waals surface area contributed by atoms with E-state index in [-0.39, 0.29) is 18.9 Å². The highest BCUT2D eigenvalue weighted by atomic mass is 16.4. The maximum absolute atomic E-state index is 11.7. The Bertz CT molecular complexity index is 502. The van der Waals surface area contributed by atoms with Crippen molar-refractivity contribution < 1.29 is 19.5 Å². The number of benzene rings is 1. The molecule has 1 aromatic carbocycles. The molecule has 1 aromatic rings. The number of nitrogens with zero attached hydrogens (tertiary/aromatic N) is 1. The van der Waals surface area contributed by atoms with Crippen LogP contribution >= 0.6 is 0 Å². The van der Waals surface area contributed by atoms with E-state index in [2.05, 4.69) is 10.6 Å². The summed E-state index contributed by atoms with van der Waals surface area (Å²) in [6, 6.07) is 7.56. The Kier molecular flexibility index (Phi) is 6.19. The fourth-order valence-corrected chi connectivity index (χ4v) is 1.64. The zero-order chi connectivity index (χ0) is 15.8. The smallest absolute Gasteiger partial charge is 0.315 e. The first-order valence-electron chi connectivity index (χ1n) is 6.41. The van der Waals surface area contributed by atoms with E-state index >= 15 is 0 Å². The molecule has 3 N–H and O–H groups in total. The third-order valence-corrected chi connectivity index (χ3v) is 2.78. The van der Waals surface area contributed by atoms with Crippen LogP contribution in [0.5, 0.6) is 0 Å². The van der Waals surface area contributed by atoms with Crippen molar-refractivity contribution in [3.05, 3.63) is 35.9 Å². The maximum Gasteiger partial charge on any atom is 0.315 e. The van der Waals surface area contributed by atoms with Gasteiger partial charge >= 0.3 is 12.0 Å². The van der Waals surface area contributed by atoms with Crippen molar-refractivity contribution in [2.75, 3.05) is 20.6 Å². The molecule has 7 heteroatoms. The molecule has 0 saturated carbocycles. The zero-order valence-corrected chi connectivity index (χ0v) is 12.0. The third kappa shape index (κ3) is 5.94. The molecule has 7 nitrogen and oxygen atoms in total. The van der Waals surface area contributed by atoms with Crippen LogP contribution in [0.1, 0.15) is 18.0 Å². The largest absolute Gasteiger partial charge is 0.481 e. The second kappa shape index (κ2) is 7.88. The number of urea groups is 1. The number of hydrogen-bond donors (Lipinski definition) is 3. The Balaban J connectivity index is 2.63. The molecule has 0 fully saturated rings. The monoisotopic (exact) mass is 293 g/mol. The SMILES string of the molecule is CN(C)C(=O)CNC(=O)NC(CC(=O)O)c1ccccc1. The first kappa shape index (κ1) is 16.5. The molecule has 0 radical (unpaired) electrons. The van der Waals surface area contributed by atoms with E-state index in [0.717, 1.165) is 0 Å². The van der Waals surface area contributed by atoms with Gasteiger partial charge in [0.25, 0.3) is 0 Å². The van der Waals surface area contributed by atoms with Crippen LogP contribution in [-0.4, -0.2) is 48.6 Å². The number of amides is 3. The number of rotatable bonds is 6. The summed E-state index contributed by atoms with van der Waals surface area (Å²) >= 11 is 0. The van der Waals surface area contributed by atoms with Crippen LogP contribution in [0.25, 0.3) is 0 Å². The topological polar surface area (TPSA) is 98.7 Å². The number of nitrogens with one attached hydrogen (secondary N) is 2. The van der Waals surface area contributed by atoms with Crippen LogP contribution in [0, 0.1) is 0 Å². The van der Waals surface area contributed by atoms with Gasteiger partial charge in [-0.3, -0.25) is 9.59 Å². The van der Waals surface area contributed by atoms with Gasteiger partial charge in [-0.15, -0.1) is 0 Å². The summed E-state index contributed by atoms with van der Waals surface area (Å²) in [4.78, 5) is 35.4. The Hall–Kier alpha value is -2.57. The molecule has 114 valence electrons. The van der Waals surface area contributed by atoms with Crippen molar-refractivity contribution in [2.45, 2.75) is 12.5 Å². The molecule has 0 spiro atoms. The van der Waals surface area contributed by atoms with Gasteiger partial charge in [0.15, 0.2) is 0 Å². The number of aliphatic carboxylic acids is 1. The van der Waals surface area contributed by atoms with Crippen LogP contribution in [0.15, 0.2) is 30.3 Å². The van der Waals surface area contributed by atoms with Crippen molar-refractivity contribution in [3.63, 3.8) is 0 Å². The highest BCUT2D eigenvalue weighted by Gasteiger charge is 2.18. The van der Waals surface area contributed by atoms with Crippen LogP contribution in [0.3, 0.4) is 0 Å². The molecule has 0 aliphatic heterocycles. The lowest BCUT2D eigenvalue weighted by Crippen LogP contribution is -2.43. The number of carboxylic acid groups (broad SMARTS) is 1. The van der Waals surface area contributed by atoms with Crippen molar-refractivity contribution >= 4 is 17.9 Å². The molecule has 0 aliphatic rings. The average molecular weight is 293 g/mol. The predicted molar refractivity (Wildman–Crippen MR) is 76.7 cm³/mol. The zero-order valence-electron chi connectivity index (χ0n) is 12.0. The number of likely N-dealkylation sites (N-methyl/N-ethyl adjacent to an activating group) is 1. The predicted octanol–water partition coefficient (Wildman–Crippen LogP) is 0.590. The van der Waals surface area contributed by atoms with Gasteiger partial charge in [0.05, 0.1) is 19.0 Å². The summed E-state index contributed by atoms with van der Waals surface area (Å²) in [5.74, 6) is -1.27. The van der Waals surface area contributed by atoms with E-state index in [1.165, 1.54) is 4.90 Å². The number of carboxylic acids is 1. The standard InChI is InChI=1S/C14H19N3O4/c1-17(2)12(18)9-15-14(21)16-11(8-13(19)20)10-6-4-3-5-7-10/h3-7,11H,8-9H2,1-2H3,(H,19,20)(H2,15,16,21). The third-order valence-electron chi connectivity index (χ3n) is 2.78. The highest BCUT2D eigenvalue weighted by Crippen LogP contribution is 2.16. The van der Waals surface area contributed by atoms with E-state index in [9.17, 15) is 14.4 Å². The first-order chi connectivity index (χ1) is 9.90. The van der Waals surface area contributed by atoms with Gasteiger partial charge in [0.1, 0.15) is 0 Å². The van der Waals surface area contributed by atoms with E-state index in [1.54, 1.807) is 44.4 Å². The van der Waals surface area contributed by atoms with Crippen molar-refractivity contribution in [2.24, 2.45) is 0 Å². The molecule has 1 atom stereocenters. The first-order valence-corrected chi connectivity index (χ1v) is 6.41. The van der Waals surface area contributed by atoms with Gasteiger partial charge in [-0.25, -0.2) is 4.79 Å². The van der Waals surface area contributed by atoms with Gasteiger partial charge < -0.3 is 20.6 Å². The lowest BCUT2D eigenvalue weighted by Gasteiger charge is -2.18. The second-order valence-corrected chi connectivity index (χ2v) is 4.68. The Morgan fingerprint density at radius 3 is 2.33 bits per heavy atom. The molecule has 0 aromatic heterocycles. The minimum atomic E-state index is -1.02. The molecule has 0 bridgehead atoms. The number of hydrogen-bond acceptors (Lipinski definition) is 3. The minimum absolute atomic E-state index is 0.145. The minimum Gasteiger partial charge on any atom is -0.481 e. The average Bonchev–Trinajstić information content (AvgIpc) is 2.44. The van der Waals surface area contributed by atoms with Gasteiger partial charge in [0, 0.05) is 14.1 Å². The fourth-order valence-electron chi connectivity index (χ4n) is 1.64. The summed E-state index contributed by atoms with van der Waals surface area (Å²) in [7, 11) is 3.16. The number of carbonyl (C=O) groups is 3. The normalized spacial score (nSPS) is 11.3. The summed E-state index contributed by atoms with van der Waals surface area (Å²) in [6.45, 7) is -0.145. The second-order valence-electron chi connectivity index (χ2n) is 4.68. The van der Waals surface area contributed by atoms with Gasteiger partial charge in [-0.1, -0.05) is 30.3 Å². The van der Waals surface area contributed by atoms with Crippen LogP contribution in [-0.2, 0) is 9.59 Å². The lowest BCUT2D eigenvalue weighted by molar-refractivity contribution is -0.137. The van der Waals surface area contributed by atoms with E-state index in [1.807, 2.05) is 0 Å². The molecular weight excluding hydrogens is 274 g/mol. The Labute approximate surface area is 122 Å². The maximum atomic E-state index is 11.7. The number of carbonyl (C=O) groups excluding carboxylic acids is 2. The Morgan fingerprint density at radius 2 is 1.81 bits per heavy atom. The highest BCUT2D eigenvalue weighted by molar-refractivity contribution is 5.84. The van der Waals surface area contributed by atoms with E-state index in [0.29, 0.717) is 5.56 Å². The molecule has 0 aliphatic carbocycles.